The van der Waals surface area contributed by atoms with Crippen molar-refractivity contribution in [2.75, 3.05) is 18.9 Å². The number of halogens is 3. The van der Waals surface area contributed by atoms with Gasteiger partial charge in [0.2, 0.25) is 5.91 Å². The van der Waals surface area contributed by atoms with Crippen molar-refractivity contribution in [1.82, 2.24) is 4.90 Å². The van der Waals surface area contributed by atoms with Crippen LogP contribution in [0.15, 0.2) is 18.2 Å². The van der Waals surface area contributed by atoms with Gasteiger partial charge in [0.05, 0.1) is 12.0 Å². The highest BCUT2D eigenvalue weighted by Crippen LogP contribution is 2.32. The monoisotopic (exact) mass is 332 g/mol. The van der Waals surface area contributed by atoms with Crippen LogP contribution < -0.4 is 5.32 Å². The number of aliphatic carboxylic acids is 1. The third-order valence-corrected chi connectivity index (χ3v) is 2.84. The van der Waals surface area contributed by atoms with Gasteiger partial charge in [-0.15, -0.1) is 0 Å². The second-order valence-corrected chi connectivity index (χ2v) is 4.85. The highest BCUT2D eigenvalue weighted by atomic mass is 19.4. The summed E-state index contributed by atoms with van der Waals surface area (Å²) in [6.07, 6.45) is -5.02. The van der Waals surface area contributed by atoms with E-state index in [-0.39, 0.29) is 24.2 Å². The Balaban J connectivity index is 3.15. The molecular weight excluding hydrogens is 317 g/mol. The molecule has 0 spiro atoms. The van der Waals surface area contributed by atoms with E-state index >= 15 is 0 Å². The number of carboxylic acid groups (broad SMARTS) is 1. The summed E-state index contributed by atoms with van der Waals surface area (Å²) in [5.41, 5.74) is -1.54. The molecule has 0 aromatic heterocycles. The molecular formula is C14H15F3N2O4. The molecule has 6 nitrogen and oxygen atoms in total. The average molecular weight is 332 g/mol. The van der Waals surface area contributed by atoms with Crippen molar-refractivity contribution in [3.05, 3.63) is 29.3 Å². The zero-order chi connectivity index (χ0) is 17.8. The van der Waals surface area contributed by atoms with Crippen molar-refractivity contribution in [2.45, 2.75) is 19.5 Å². The van der Waals surface area contributed by atoms with E-state index in [9.17, 15) is 27.6 Å². The Morgan fingerprint density at radius 2 is 1.83 bits per heavy atom. The van der Waals surface area contributed by atoms with E-state index < -0.39 is 29.5 Å². The maximum absolute atomic E-state index is 12.9. The Labute approximate surface area is 129 Å². The Bertz CT molecular complexity index is 629. The van der Waals surface area contributed by atoms with Crippen LogP contribution in [0.2, 0.25) is 0 Å². The van der Waals surface area contributed by atoms with Crippen LogP contribution in [0.3, 0.4) is 0 Å². The van der Waals surface area contributed by atoms with Crippen LogP contribution in [0.25, 0.3) is 0 Å². The number of amides is 2. The molecule has 0 bridgehead atoms. The minimum atomic E-state index is -4.69. The third-order valence-electron chi connectivity index (χ3n) is 2.84. The van der Waals surface area contributed by atoms with Gasteiger partial charge in [-0.2, -0.15) is 13.2 Å². The van der Waals surface area contributed by atoms with E-state index in [2.05, 4.69) is 5.32 Å². The second kappa shape index (κ2) is 7.12. The maximum atomic E-state index is 12.9. The summed E-state index contributed by atoms with van der Waals surface area (Å²) in [6.45, 7) is 0.973. The predicted octanol–water partition coefficient (Wildman–Crippen LogP) is 2.21. The number of nitrogens with one attached hydrogen (secondary N) is 1. The number of carboxylic acids is 1. The van der Waals surface area contributed by atoms with Gasteiger partial charge in [0.15, 0.2) is 0 Å². The molecule has 0 saturated carbocycles. The minimum absolute atomic E-state index is 0.153. The number of alkyl halides is 3. The van der Waals surface area contributed by atoms with E-state index in [4.69, 9.17) is 5.11 Å². The first kappa shape index (κ1) is 18.5. The first-order valence-corrected chi connectivity index (χ1v) is 6.48. The lowest BCUT2D eigenvalue weighted by molar-refractivity contribution is -0.138. The predicted molar refractivity (Wildman–Crippen MR) is 75.0 cm³/mol. The van der Waals surface area contributed by atoms with Crippen LogP contribution in [-0.2, 0) is 15.8 Å². The molecule has 0 aliphatic rings. The lowest BCUT2D eigenvalue weighted by atomic mass is 10.1. The lowest BCUT2D eigenvalue weighted by Crippen LogP contribution is -2.29. The molecule has 1 aromatic rings. The molecule has 0 saturated heterocycles. The van der Waals surface area contributed by atoms with Gasteiger partial charge < -0.3 is 15.3 Å². The SMILES string of the molecule is CC(=O)Nc1cc(C(=O)N(C)CCC(=O)O)cc(C(F)(F)F)c1. The van der Waals surface area contributed by atoms with E-state index in [1.54, 1.807) is 0 Å². The number of anilines is 1. The van der Waals surface area contributed by atoms with E-state index in [0.29, 0.717) is 6.07 Å². The molecule has 2 N–H and O–H groups in total. The first-order valence-electron chi connectivity index (χ1n) is 6.48. The van der Waals surface area contributed by atoms with Crippen molar-refractivity contribution in [3.63, 3.8) is 0 Å². The first-order chi connectivity index (χ1) is 10.5. The quantitative estimate of drug-likeness (QED) is 0.865. The molecule has 0 radical (unpaired) electrons. The summed E-state index contributed by atoms with van der Waals surface area (Å²) < 4.78 is 38.7. The molecule has 0 atom stereocenters. The van der Waals surface area contributed by atoms with Crippen LogP contribution >= 0.6 is 0 Å². The van der Waals surface area contributed by atoms with E-state index in [1.165, 1.54) is 7.05 Å². The van der Waals surface area contributed by atoms with Gasteiger partial charge in [0.1, 0.15) is 0 Å². The van der Waals surface area contributed by atoms with Crippen LogP contribution in [0.1, 0.15) is 29.3 Å². The number of carbonyl (C=O) groups is 3. The summed E-state index contributed by atoms with van der Waals surface area (Å²) in [7, 11) is 1.28. The molecule has 2 amide bonds. The fourth-order valence-corrected chi connectivity index (χ4v) is 1.78. The maximum Gasteiger partial charge on any atom is 0.416 e. The summed E-state index contributed by atoms with van der Waals surface area (Å²) in [5, 5.41) is 10.8. The topological polar surface area (TPSA) is 86.7 Å². The number of hydrogen-bond donors (Lipinski definition) is 2. The number of benzene rings is 1. The summed E-state index contributed by atoms with van der Waals surface area (Å²) >= 11 is 0. The Hall–Kier alpha value is -2.58. The van der Waals surface area contributed by atoms with Crippen molar-refractivity contribution in [2.24, 2.45) is 0 Å². The van der Waals surface area contributed by atoms with Gasteiger partial charge >= 0.3 is 12.1 Å². The fourth-order valence-electron chi connectivity index (χ4n) is 1.78. The van der Waals surface area contributed by atoms with Gasteiger partial charge in [-0.25, -0.2) is 0 Å². The van der Waals surface area contributed by atoms with Gasteiger partial charge in [-0.1, -0.05) is 0 Å². The molecule has 0 aliphatic heterocycles. The molecule has 1 rings (SSSR count). The zero-order valence-corrected chi connectivity index (χ0v) is 12.4. The molecule has 0 fully saturated rings. The summed E-state index contributed by atoms with van der Waals surface area (Å²) in [5.74, 6) is -2.49. The van der Waals surface area contributed by atoms with Crippen LogP contribution in [-0.4, -0.2) is 41.4 Å². The van der Waals surface area contributed by atoms with Gasteiger partial charge in [0.25, 0.3) is 5.91 Å². The molecule has 0 heterocycles. The number of hydrogen-bond acceptors (Lipinski definition) is 3. The normalized spacial score (nSPS) is 11.0. The second-order valence-electron chi connectivity index (χ2n) is 4.85. The number of nitrogens with zero attached hydrogens (tertiary/aromatic N) is 1. The summed E-state index contributed by atoms with van der Waals surface area (Å²) in [6, 6.07) is 2.48. The van der Waals surface area contributed by atoms with E-state index in [1.807, 2.05) is 0 Å². The number of carbonyl (C=O) groups excluding carboxylic acids is 2. The van der Waals surface area contributed by atoms with Gasteiger partial charge in [0, 0.05) is 31.8 Å². The average Bonchev–Trinajstić information content (AvgIpc) is 2.41. The molecule has 0 aliphatic carbocycles. The van der Waals surface area contributed by atoms with Crippen molar-refractivity contribution >= 4 is 23.5 Å². The molecule has 23 heavy (non-hydrogen) atoms. The molecule has 9 heteroatoms. The molecule has 1 aromatic carbocycles. The highest BCUT2D eigenvalue weighted by Gasteiger charge is 2.32. The Morgan fingerprint density at radius 1 is 1.22 bits per heavy atom. The van der Waals surface area contributed by atoms with Crippen molar-refractivity contribution in [1.29, 1.82) is 0 Å². The molecule has 126 valence electrons. The zero-order valence-electron chi connectivity index (χ0n) is 12.4. The standard InChI is InChI=1S/C14H15F3N2O4/c1-8(20)18-11-6-9(5-10(7-11)14(15,16)17)13(23)19(2)4-3-12(21)22/h5-7H,3-4H2,1-2H3,(H,18,20)(H,21,22). The Morgan fingerprint density at radius 3 is 2.30 bits per heavy atom. The smallest absolute Gasteiger partial charge is 0.416 e. The van der Waals surface area contributed by atoms with Crippen molar-refractivity contribution < 1.29 is 32.7 Å². The van der Waals surface area contributed by atoms with Crippen LogP contribution in [0.4, 0.5) is 18.9 Å². The minimum Gasteiger partial charge on any atom is -0.481 e. The lowest BCUT2D eigenvalue weighted by Gasteiger charge is -2.18. The summed E-state index contributed by atoms with van der Waals surface area (Å²) in [4.78, 5) is 34.6. The third kappa shape index (κ3) is 5.61. The highest BCUT2D eigenvalue weighted by molar-refractivity contribution is 5.97. The largest absolute Gasteiger partial charge is 0.481 e. The van der Waals surface area contributed by atoms with Crippen LogP contribution in [0, 0.1) is 0 Å². The fraction of sp³-hybridized carbons (Fsp3) is 0.357. The van der Waals surface area contributed by atoms with Gasteiger partial charge in [-0.05, 0) is 18.2 Å². The molecule has 0 unspecified atom stereocenters. The van der Waals surface area contributed by atoms with Crippen LogP contribution in [0.5, 0.6) is 0 Å². The van der Waals surface area contributed by atoms with Gasteiger partial charge in [-0.3, -0.25) is 14.4 Å². The van der Waals surface area contributed by atoms with Crippen molar-refractivity contribution in [3.8, 4) is 0 Å². The van der Waals surface area contributed by atoms with E-state index in [0.717, 1.165) is 24.0 Å². The Kier molecular flexibility index (Phi) is 5.72. The number of rotatable bonds is 5.